The fraction of sp³-hybridized carbons (Fsp3) is 0.552. The van der Waals surface area contributed by atoms with E-state index in [0.717, 1.165) is 24.7 Å². The lowest BCUT2D eigenvalue weighted by Crippen LogP contribution is -2.39. The maximum atomic E-state index is 14.4. The van der Waals surface area contributed by atoms with Crippen molar-refractivity contribution in [3.05, 3.63) is 42.2 Å². The SMILES string of the molecule is CC(COc1cc2c(cc1SC1CC3(CC3)C1)N(c1cccc(F)c1)C[C@@H](CCC(C)(F)F)N(C)S2=O)C(=O)O. The summed E-state index contributed by atoms with van der Waals surface area (Å²) in [6, 6.07) is 9.15. The zero-order valence-corrected chi connectivity index (χ0v) is 24.5. The van der Waals surface area contributed by atoms with Gasteiger partial charge in [0.15, 0.2) is 0 Å². The summed E-state index contributed by atoms with van der Waals surface area (Å²) in [6.07, 6.45) is 4.44. The number of anilines is 2. The highest BCUT2D eigenvalue weighted by atomic mass is 32.2. The summed E-state index contributed by atoms with van der Waals surface area (Å²) in [6.45, 7) is 2.62. The number of carboxylic acid groups (broad SMARTS) is 1. The zero-order chi connectivity index (χ0) is 28.8. The Morgan fingerprint density at radius 2 is 2.00 bits per heavy atom. The molecule has 5 rings (SSSR count). The van der Waals surface area contributed by atoms with Crippen molar-refractivity contribution in [1.82, 2.24) is 4.31 Å². The molecule has 11 heteroatoms. The molecule has 1 N–H and O–H groups in total. The molecule has 2 unspecified atom stereocenters. The Kier molecular flexibility index (Phi) is 8.20. The average Bonchev–Trinajstić information content (AvgIpc) is 3.67. The molecule has 3 atom stereocenters. The Bertz CT molecular complexity index is 1290. The van der Waals surface area contributed by atoms with Crippen LogP contribution < -0.4 is 9.64 Å². The number of alkyl halides is 2. The van der Waals surface area contributed by atoms with Gasteiger partial charge in [0.1, 0.15) is 29.2 Å². The van der Waals surface area contributed by atoms with E-state index in [1.807, 2.05) is 11.0 Å². The molecule has 0 radical (unpaired) electrons. The standard InChI is InChI=1S/C29H35F3N2O4S2/c1-18(27(35)36)17-38-24-13-26-23(12-25(24)39-22-14-29(15-22)9-10-29)34(20-6-4-5-19(30)11-20)16-21(33(3)40(26)37)7-8-28(2,31)32/h4-6,11-13,18,21-22H,7-10,14-17H2,1-3H3,(H,35,36)/t18?,21-,40?/m1/s1. The van der Waals surface area contributed by atoms with E-state index in [1.165, 1.54) is 25.0 Å². The monoisotopic (exact) mass is 596 g/mol. The van der Waals surface area contributed by atoms with Gasteiger partial charge in [-0.1, -0.05) is 6.07 Å². The Labute approximate surface area is 239 Å². The summed E-state index contributed by atoms with van der Waals surface area (Å²) in [7, 11) is -0.0871. The van der Waals surface area contributed by atoms with Gasteiger partial charge in [-0.15, -0.1) is 11.8 Å². The van der Waals surface area contributed by atoms with Crippen molar-refractivity contribution >= 4 is 40.1 Å². The molecule has 0 amide bonds. The lowest BCUT2D eigenvalue weighted by Gasteiger charge is -2.36. The van der Waals surface area contributed by atoms with Gasteiger partial charge in [-0.05, 0) is 75.6 Å². The van der Waals surface area contributed by atoms with Crippen LogP contribution in [0.15, 0.2) is 46.2 Å². The fourth-order valence-corrected chi connectivity index (χ4v) is 8.38. The number of fused-ring (bicyclic) bond motifs is 1. The second kappa shape index (κ2) is 11.2. The van der Waals surface area contributed by atoms with E-state index < -0.39 is 40.7 Å². The van der Waals surface area contributed by atoms with E-state index >= 15 is 0 Å². The molecule has 2 aromatic rings. The average molecular weight is 597 g/mol. The van der Waals surface area contributed by atoms with Crippen molar-refractivity contribution in [3.63, 3.8) is 0 Å². The molecular formula is C29H35F3N2O4S2. The second-order valence-electron chi connectivity index (χ2n) is 11.6. The highest BCUT2D eigenvalue weighted by Crippen LogP contribution is 2.64. The van der Waals surface area contributed by atoms with Crippen LogP contribution in [0.1, 0.15) is 52.4 Å². The van der Waals surface area contributed by atoms with Crippen LogP contribution in [0.3, 0.4) is 0 Å². The van der Waals surface area contributed by atoms with E-state index in [2.05, 4.69) is 0 Å². The largest absolute Gasteiger partial charge is 0.491 e. The lowest BCUT2D eigenvalue weighted by molar-refractivity contribution is -0.142. The molecular weight excluding hydrogens is 561 g/mol. The van der Waals surface area contributed by atoms with Gasteiger partial charge >= 0.3 is 5.97 Å². The Balaban J connectivity index is 1.56. The van der Waals surface area contributed by atoms with Crippen LogP contribution in [-0.2, 0) is 15.8 Å². The maximum Gasteiger partial charge on any atom is 0.309 e. The van der Waals surface area contributed by atoms with E-state index in [0.29, 0.717) is 32.7 Å². The van der Waals surface area contributed by atoms with Gasteiger partial charge in [0.05, 0.1) is 21.4 Å². The number of aliphatic carboxylic acids is 1. The first-order valence-electron chi connectivity index (χ1n) is 13.6. The van der Waals surface area contributed by atoms with E-state index in [9.17, 15) is 27.3 Å². The number of likely N-dealkylation sites (N-methyl/N-ethyl adjacent to an activating group) is 1. The number of carbonyl (C=O) groups is 1. The molecule has 2 saturated carbocycles. The topological polar surface area (TPSA) is 70.1 Å². The first-order valence-corrected chi connectivity index (χ1v) is 15.6. The second-order valence-corrected chi connectivity index (χ2v) is 14.5. The number of rotatable bonds is 10. The number of benzene rings is 2. The molecule has 1 heterocycles. The highest BCUT2D eigenvalue weighted by Gasteiger charge is 2.53. The molecule has 0 saturated heterocycles. The van der Waals surface area contributed by atoms with Crippen LogP contribution in [0, 0.1) is 17.2 Å². The van der Waals surface area contributed by atoms with Crippen molar-refractivity contribution < 1.29 is 32.0 Å². The fourth-order valence-electron chi connectivity index (χ4n) is 5.42. The Morgan fingerprint density at radius 3 is 2.62 bits per heavy atom. The summed E-state index contributed by atoms with van der Waals surface area (Å²) in [5.74, 6) is -4.58. The third-order valence-corrected chi connectivity index (χ3v) is 11.0. The third kappa shape index (κ3) is 6.46. The van der Waals surface area contributed by atoms with Crippen LogP contribution in [0.4, 0.5) is 24.5 Å². The number of halogens is 3. The molecule has 0 aromatic heterocycles. The smallest absolute Gasteiger partial charge is 0.309 e. The van der Waals surface area contributed by atoms with Crippen molar-refractivity contribution in [3.8, 4) is 5.75 Å². The van der Waals surface area contributed by atoms with E-state index in [1.54, 1.807) is 48.2 Å². The molecule has 2 aliphatic carbocycles. The lowest BCUT2D eigenvalue weighted by atomic mass is 9.81. The number of nitrogens with zero attached hydrogens (tertiary/aromatic N) is 2. The number of hydrogen-bond donors (Lipinski definition) is 1. The van der Waals surface area contributed by atoms with Gasteiger partial charge in [-0.3, -0.25) is 4.79 Å². The summed E-state index contributed by atoms with van der Waals surface area (Å²) in [4.78, 5) is 14.5. The van der Waals surface area contributed by atoms with Gasteiger partial charge < -0.3 is 14.7 Å². The molecule has 6 nitrogen and oxygen atoms in total. The van der Waals surface area contributed by atoms with Gasteiger partial charge in [-0.2, -0.15) is 0 Å². The third-order valence-electron chi connectivity index (χ3n) is 8.19. The Morgan fingerprint density at radius 1 is 1.27 bits per heavy atom. The molecule has 1 aliphatic heterocycles. The highest BCUT2D eigenvalue weighted by molar-refractivity contribution is 8.00. The molecule has 2 aromatic carbocycles. The minimum absolute atomic E-state index is 0.0550. The normalized spacial score (nSPS) is 23.3. The quantitative estimate of drug-likeness (QED) is 0.323. The number of hydrogen-bond acceptors (Lipinski definition) is 5. The van der Waals surface area contributed by atoms with Crippen molar-refractivity contribution in [2.24, 2.45) is 11.3 Å². The first kappa shape index (κ1) is 29.3. The van der Waals surface area contributed by atoms with Crippen molar-refractivity contribution in [2.45, 2.75) is 79.4 Å². The van der Waals surface area contributed by atoms with Gasteiger partial charge in [0, 0.05) is 43.1 Å². The summed E-state index contributed by atoms with van der Waals surface area (Å²) < 4.78 is 63.6. The van der Waals surface area contributed by atoms with Crippen molar-refractivity contribution in [1.29, 1.82) is 0 Å². The minimum atomic E-state index is -2.88. The van der Waals surface area contributed by atoms with Crippen LogP contribution >= 0.6 is 11.8 Å². The predicted octanol–water partition coefficient (Wildman–Crippen LogP) is 6.87. The molecule has 1 spiro atoms. The maximum absolute atomic E-state index is 14.4. The number of thioether (sulfide) groups is 1. The predicted molar refractivity (Wildman–Crippen MR) is 151 cm³/mol. The molecule has 0 bridgehead atoms. The number of carboxylic acids is 1. The number of ether oxygens (including phenoxy) is 1. The summed E-state index contributed by atoms with van der Waals surface area (Å²) in [5, 5.41) is 9.77. The minimum Gasteiger partial charge on any atom is -0.491 e. The molecule has 3 aliphatic rings. The zero-order valence-electron chi connectivity index (χ0n) is 22.9. The molecule has 2 fully saturated rings. The van der Waals surface area contributed by atoms with Gasteiger partial charge in [-0.25, -0.2) is 21.7 Å². The van der Waals surface area contributed by atoms with Crippen LogP contribution in [0.25, 0.3) is 0 Å². The molecule has 40 heavy (non-hydrogen) atoms. The van der Waals surface area contributed by atoms with Crippen LogP contribution in [0.5, 0.6) is 5.75 Å². The molecule has 218 valence electrons. The van der Waals surface area contributed by atoms with Crippen LogP contribution in [-0.4, -0.2) is 57.0 Å². The van der Waals surface area contributed by atoms with E-state index in [-0.39, 0.29) is 26.0 Å². The first-order chi connectivity index (χ1) is 18.8. The van der Waals surface area contributed by atoms with Crippen molar-refractivity contribution in [2.75, 3.05) is 25.1 Å². The van der Waals surface area contributed by atoms with Gasteiger partial charge in [0.2, 0.25) is 5.92 Å². The van der Waals surface area contributed by atoms with Gasteiger partial charge in [0.25, 0.3) is 0 Å². The Hall–Kier alpha value is -2.24. The van der Waals surface area contributed by atoms with Crippen LogP contribution in [0.2, 0.25) is 0 Å². The van der Waals surface area contributed by atoms with E-state index in [4.69, 9.17) is 4.74 Å². The summed E-state index contributed by atoms with van der Waals surface area (Å²) >= 11 is 1.67. The summed E-state index contributed by atoms with van der Waals surface area (Å²) in [5.41, 5.74) is 1.61.